The fraction of sp³-hybridized carbons (Fsp3) is 0.143. The van der Waals surface area contributed by atoms with Gasteiger partial charge in [-0.3, -0.25) is 4.79 Å². The molecule has 18 heavy (non-hydrogen) atoms. The minimum Gasteiger partial charge on any atom is -0.456 e. The summed E-state index contributed by atoms with van der Waals surface area (Å²) in [7, 11) is 0. The molecule has 0 unspecified atom stereocenters. The van der Waals surface area contributed by atoms with E-state index in [1.165, 1.54) is 6.07 Å². The smallest absolute Gasteiger partial charge is 0.384 e. The highest BCUT2D eigenvalue weighted by atomic mass is 16.5. The van der Waals surface area contributed by atoms with Gasteiger partial charge in [0.1, 0.15) is 0 Å². The molecule has 1 heterocycles. The molecule has 2 rings (SSSR count). The molecule has 0 amide bonds. The van der Waals surface area contributed by atoms with Gasteiger partial charge in [-0.15, -0.1) is 0 Å². The lowest BCUT2D eigenvalue weighted by Gasteiger charge is -1.97. The van der Waals surface area contributed by atoms with Crippen molar-refractivity contribution in [3.8, 4) is 11.8 Å². The number of H-pyrrole nitrogens is 1. The lowest BCUT2D eigenvalue weighted by atomic mass is 10.1. The predicted octanol–water partition coefficient (Wildman–Crippen LogP) is 1.44. The molecule has 4 nitrogen and oxygen atoms in total. The second-order valence-corrected chi connectivity index (χ2v) is 3.61. The van der Waals surface area contributed by atoms with Crippen molar-refractivity contribution >= 4 is 16.7 Å². The molecule has 1 aromatic carbocycles. The molecule has 0 fully saturated rings. The molecule has 0 saturated carbocycles. The Bertz CT molecular complexity index is 704. The third-order valence-corrected chi connectivity index (χ3v) is 2.33. The summed E-state index contributed by atoms with van der Waals surface area (Å²) in [6, 6.07) is 6.87. The number of benzene rings is 1. The summed E-state index contributed by atoms with van der Waals surface area (Å²) < 4.78 is 4.70. The number of rotatable bonds is 1. The molecule has 0 spiro atoms. The van der Waals surface area contributed by atoms with Crippen LogP contribution in [0.25, 0.3) is 10.8 Å². The first-order chi connectivity index (χ1) is 8.69. The highest BCUT2D eigenvalue weighted by molar-refractivity contribution is 5.89. The van der Waals surface area contributed by atoms with Crippen LogP contribution in [0.15, 0.2) is 35.3 Å². The number of hydrogen-bond acceptors (Lipinski definition) is 3. The standard InChI is InChI=1S/C14H11NO3/c1-2-18-14(17)6-4-10-3-5-11-9-15-13(16)8-12(11)7-10/h3,5,7-9H,2H2,1H3,(H,15,16). The van der Waals surface area contributed by atoms with E-state index in [4.69, 9.17) is 4.74 Å². The molecule has 1 N–H and O–H groups in total. The number of fused-ring (bicyclic) bond motifs is 1. The molecule has 1 aromatic heterocycles. The number of hydrogen-bond donors (Lipinski definition) is 1. The topological polar surface area (TPSA) is 59.2 Å². The Hall–Kier alpha value is -2.54. The number of carbonyl (C=O) groups excluding carboxylic acids is 1. The second-order valence-electron chi connectivity index (χ2n) is 3.61. The average Bonchev–Trinajstić information content (AvgIpc) is 2.36. The molecular weight excluding hydrogens is 230 g/mol. The molecule has 0 aliphatic heterocycles. The number of aromatic amines is 1. The maximum absolute atomic E-state index is 11.2. The number of ether oxygens (including phenoxy) is 1. The first-order valence-corrected chi connectivity index (χ1v) is 5.50. The average molecular weight is 241 g/mol. The predicted molar refractivity (Wildman–Crippen MR) is 68.1 cm³/mol. The zero-order chi connectivity index (χ0) is 13.0. The third kappa shape index (κ3) is 2.77. The summed E-state index contributed by atoms with van der Waals surface area (Å²) in [5.74, 6) is 4.53. The van der Waals surface area contributed by atoms with Crippen LogP contribution in [0.4, 0.5) is 0 Å². The zero-order valence-corrected chi connectivity index (χ0v) is 9.82. The maximum atomic E-state index is 11.2. The highest BCUT2D eigenvalue weighted by Crippen LogP contribution is 2.12. The van der Waals surface area contributed by atoms with Gasteiger partial charge in [0.2, 0.25) is 5.56 Å². The van der Waals surface area contributed by atoms with Gasteiger partial charge < -0.3 is 9.72 Å². The minimum absolute atomic E-state index is 0.169. The van der Waals surface area contributed by atoms with Crippen LogP contribution in [0.1, 0.15) is 12.5 Å². The lowest BCUT2D eigenvalue weighted by molar-refractivity contribution is -0.136. The van der Waals surface area contributed by atoms with E-state index >= 15 is 0 Å². The van der Waals surface area contributed by atoms with Crippen molar-refractivity contribution in [3.05, 3.63) is 46.4 Å². The quantitative estimate of drug-likeness (QED) is 0.607. The fourth-order valence-corrected chi connectivity index (χ4v) is 1.53. The van der Waals surface area contributed by atoms with Crippen molar-refractivity contribution in [2.75, 3.05) is 6.61 Å². The van der Waals surface area contributed by atoms with E-state index in [0.29, 0.717) is 12.2 Å². The monoisotopic (exact) mass is 241 g/mol. The van der Waals surface area contributed by atoms with Gasteiger partial charge in [-0.2, -0.15) is 0 Å². The molecule has 4 heteroatoms. The van der Waals surface area contributed by atoms with Crippen LogP contribution in [-0.4, -0.2) is 17.6 Å². The Morgan fingerprint density at radius 2 is 2.17 bits per heavy atom. The molecule has 2 aromatic rings. The number of nitrogens with one attached hydrogen (secondary N) is 1. The van der Waals surface area contributed by atoms with Gasteiger partial charge in [-0.05, 0) is 29.8 Å². The van der Waals surface area contributed by atoms with Gasteiger partial charge >= 0.3 is 5.97 Å². The van der Waals surface area contributed by atoms with Crippen LogP contribution in [-0.2, 0) is 9.53 Å². The zero-order valence-electron chi connectivity index (χ0n) is 9.82. The Labute approximate surface area is 104 Å². The molecule has 90 valence electrons. The molecule has 0 atom stereocenters. The van der Waals surface area contributed by atoms with Gasteiger partial charge in [0.15, 0.2) is 0 Å². The molecule has 0 aliphatic rings. The molecule has 0 saturated heterocycles. The summed E-state index contributed by atoms with van der Waals surface area (Å²) >= 11 is 0. The van der Waals surface area contributed by atoms with Crippen LogP contribution >= 0.6 is 0 Å². The fourth-order valence-electron chi connectivity index (χ4n) is 1.53. The molecule has 0 bridgehead atoms. The molecular formula is C14H11NO3. The van der Waals surface area contributed by atoms with E-state index < -0.39 is 5.97 Å². The lowest BCUT2D eigenvalue weighted by Crippen LogP contribution is -2.01. The van der Waals surface area contributed by atoms with E-state index in [1.54, 1.807) is 25.3 Å². The second kappa shape index (κ2) is 5.19. The Morgan fingerprint density at radius 1 is 1.33 bits per heavy atom. The number of carbonyl (C=O) groups is 1. The summed E-state index contributed by atoms with van der Waals surface area (Å²) in [4.78, 5) is 24.9. The van der Waals surface area contributed by atoms with Crippen molar-refractivity contribution in [1.82, 2.24) is 4.98 Å². The highest BCUT2D eigenvalue weighted by Gasteiger charge is 1.97. The van der Waals surface area contributed by atoms with Crippen LogP contribution in [0.5, 0.6) is 0 Å². The number of esters is 1. The van der Waals surface area contributed by atoms with Crippen molar-refractivity contribution < 1.29 is 9.53 Å². The van der Waals surface area contributed by atoms with E-state index in [9.17, 15) is 9.59 Å². The Morgan fingerprint density at radius 3 is 2.94 bits per heavy atom. The van der Waals surface area contributed by atoms with Crippen LogP contribution in [0.2, 0.25) is 0 Å². The largest absolute Gasteiger partial charge is 0.456 e. The summed E-state index contributed by atoms with van der Waals surface area (Å²) in [5, 5.41) is 1.70. The first-order valence-electron chi connectivity index (χ1n) is 5.50. The van der Waals surface area contributed by atoms with Gasteiger partial charge in [-0.1, -0.05) is 12.0 Å². The Kier molecular flexibility index (Phi) is 3.44. The van der Waals surface area contributed by atoms with Crippen molar-refractivity contribution in [2.24, 2.45) is 0 Å². The number of pyridine rings is 1. The molecule has 0 radical (unpaired) electrons. The van der Waals surface area contributed by atoms with Gasteiger partial charge in [0, 0.05) is 23.7 Å². The van der Waals surface area contributed by atoms with Crippen LogP contribution in [0.3, 0.4) is 0 Å². The maximum Gasteiger partial charge on any atom is 0.384 e. The SMILES string of the molecule is CCOC(=O)C#Cc1ccc2c[nH]c(=O)cc2c1. The summed E-state index contributed by atoms with van der Waals surface area (Å²) in [5.41, 5.74) is 0.499. The van der Waals surface area contributed by atoms with E-state index in [1.807, 2.05) is 6.07 Å². The van der Waals surface area contributed by atoms with Crippen molar-refractivity contribution in [3.63, 3.8) is 0 Å². The number of aromatic nitrogens is 1. The van der Waals surface area contributed by atoms with Crippen LogP contribution < -0.4 is 5.56 Å². The van der Waals surface area contributed by atoms with E-state index in [0.717, 1.165) is 10.8 Å². The van der Waals surface area contributed by atoms with Crippen LogP contribution in [0, 0.1) is 11.8 Å². The minimum atomic E-state index is -0.552. The van der Waals surface area contributed by atoms with Gasteiger partial charge in [0.05, 0.1) is 6.61 Å². The first kappa shape index (κ1) is 11.9. The van der Waals surface area contributed by atoms with Crippen molar-refractivity contribution in [2.45, 2.75) is 6.92 Å². The third-order valence-electron chi connectivity index (χ3n) is 2.33. The van der Waals surface area contributed by atoms with Gasteiger partial charge in [-0.25, -0.2) is 4.79 Å². The van der Waals surface area contributed by atoms with Gasteiger partial charge in [0.25, 0.3) is 0 Å². The Balaban J connectivity index is 2.35. The van der Waals surface area contributed by atoms with E-state index in [2.05, 4.69) is 16.8 Å². The van der Waals surface area contributed by atoms with Crippen molar-refractivity contribution in [1.29, 1.82) is 0 Å². The van der Waals surface area contributed by atoms with E-state index in [-0.39, 0.29) is 5.56 Å². The summed E-state index contributed by atoms with van der Waals surface area (Å²) in [6.07, 6.45) is 1.64. The summed E-state index contributed by atoms with van der Waals surface area (Å²) in [6.45, 7) is 2.03. The molecule has 0 aliphatic carbocycles. The normalized spacial score (nSPS) is 9.61.